The molecule has 18 heavy (non-hydrogen) atoms. The molecule has 0 saturated carbocycles. The van der Waals surface area contributed by atoms with Gasteiger partial charge in [-0.05, 0) is 6.42 Å². The number of amides is 1. The summed E-state index contributed by atoms with van der Waals surface area (Å²) >= 11 is 5.84. The molecule has 9 heteroatoms. The molecule has 1 aliphatic rings. The first-order chi connectivity index (χ1) is 8.43. The van der Waals surface area contributed by atoms with Crippen LogP contribution >= 0.6 is 11.6 Å². The fourth-order valence-corrected chi connectivity index (χ4v) is 3.84. The van der Waals surface area contributed by atoms with Crippen LogP contribution in [0.15, 0.2) is 11.2 Å². The fraction of sp³-hybridized carbons (Fsp3) is 0.556. The maximum atomic E-state index is 12.4. The summed E-state index contributed by atoms with van der Waals surface area (Å²) in [5.41, 5.74) is 0. The van der Waals surface area contributed by atoms with Crippen molar-refractivity contribution < 1.29 is 13.2 Å². The lowest BCUT2D eigenvalue weighted by Crippen LogP contribution is -2.38. The summed E-state index contributed by atoms with van der Waals surface area (Å²) in [5.74, 6) is -0.311. The number of carbonyl (C=O) groups is 1. The van der Waals surface area contributed by atoms with E-state index in [0.29, 0.717) is 13.0 Å². The molecule has 1 aromatic heterocycles. The Bertz CT molecular complexity index is 549. The SMILES string of the molecule is Cn1ncc(Cl)c1S(=O)(=O)N1CCCNC(=O)C1. The molecular weight excluding hydrogens is 280 g/mol. The van der Waals surface area contributed by atoms with Crippen LogP contribution in [-0.2, 0) is 21.9 Å². The van der Waals surface area contributed by atoms with Crippen molar-refractivity contribution in [3.63, 3.8) is 0 Å². The minimum atomic E-state index is -3.80. The van der Waals surface area contributed by atoms with Crippen LogP contribution in [0.3, 0.4) is 0 Å². The number of aromatic nitrogens is 2. The van der Waals surface area contributed by atoms with Crippen LogP contribution in [0.4, 0.5) is 0 Å². The van der Waals surface area contributed by atoms with Crippen molar-refractivity contribution in [1.82, 2.24) is 19.4 Å². The first-order valence-corrected chi connectivity index (χ1v) is 7.19. The van der Waals surface area contributed by atoms with Crippen LogP contribution in [0.25, 0.3) is 0 Å². The van der Waals surface area contributed by atoms with E-state index in [1.54, 1.807) is 0 Å². The molecule has 1 N–H and O–H groups in total. The lowest BCUT2D eigenvalue weighted by Gasteiger charge is -2.18. The molecular formula is C9H13ClN4O3S. The summed E-state index contributed by atoms with van der Waals surface area (Å²) in [5, 5.41) is 6.39. The summed E-state index contributed by atoms with van der Waals surface area (Å²) < 4.78 is 27.1. The highest BCUT2D eigenvalue weighted by Gasteiger charge is 2.32. The number of hydrogen-bond donors (Lipinski definition) is 1. The number of rotatable bonds is 2. The molecule has 0 aliphatic carbocycles. The van der Waals surface area contributed by atoms with Crippen molar-refractivity contribution in [3.8, 4) is 0 Å². The second-order valence-electron chi connectivity index (χ2n) is 3.96. The number of aryl methyl sites for hydroxylation is 1. The summed E-state index contributed by atoms with van der Waals surface area (Å²) in [6.07, 6.45) is 1.84. The zero-order chi connectivity index (χ0) is 13.3. The largest absolute Gasteiger partial charge is 0.355 e. The van der Waals surface area contributed by atoms with Gasteiger partial charge in [0.25, 0.3) is 10.0 Å². The van der Waals surface area contributed by atoms with E-state index in [-0.39, 0.29) is 29.0 Å². The number of sulfonamides is 1. The zero-order valence-corrected chi connectivity index (χ0v) is 11.3. The molecule has 0 bridgehead atoms. The molecule has 0 aromatic carbocycles. The quantitative estimate of drug-likeness (QED) is 0.803. The number of nitrogens with zero attached hydrogens (tertiary/aromatic N) is 3. The van der Waals surface area contributed by atoms with Gasteiger partial charge in [-0.15, -0.1) is 0 Å². The predicted octanol–water partition coefficient (Wildman–Crippen LogP) is -0.416. The molecule has 1 fully saturated rings. The van der Waals surface area contributed by atoms with Gasteiger partial charge in [-0.2, -0.15) is 9.40 Å². The maximum absolute atomic E-state index is 12.4. The second kappa shape index (κ2) is 4.87. The van der Waals surface area contributed by atoms with Gasteiger partial charge in [0.1, 0.15) is 0 Å². The zero-order valence-electron chi connectivity index (χ0n) is 9.76. The normalized spacial score (nSPS) is 18.4. The third-order valence-electron chi connectivity index (χ3n) is 2.65. The first-order valence-electron chi connectivity index (χ1n) is 5.37. The lowest BCUT2D eigenvalue weighted by atomic mass is 10.4. The van der Waals surface area contributed by atoms with Gasteiger partial charge in [-0.1, -0.05) is 11.6 Å². The number of nitrogens with one attached hydrogen (secondary N) is 1. The van der Waals surface area contributed by atoms with Crippen molar-refractivity contribution in [3.05, 3.63) is 11.2 Å². The summed E-state index contributed by atoms with van der Waals surface area (Å²) in [6, 6.07) is 0. The van der Waals surface area contributed by atoms with Crippen LogP contribution in [0.5, 0.6) is 0 Å². The molecule has 100 valence electrons. The Morgan fingerprint density at radius 2 is 2.22 bits per heavy atom. The molecule has 0 radical (unpaired) electrons. The first kappa shape index (κ1) is 13.3. The lowest BCUT2D eigenvalue weighted by molar-refractivity contribution is -0.120. The van der Waals surface area contributed by atoms with Gasteiger partial charge in [0.15, 0.2) is 5.03 Å². The average molecular weight is 293 g/mol. The van der Waals surface area contributed by atoms with Gasteiger partial charge in [0.05, 0.1) is 17.8 Å². The minimum absolute atomic E-state index is 0.0576. The molecule has 7 nitrogen and oxygen atoms in total. The molecule has 0 atom stereocenters. The third-order valence-corrected chi connectivity index (χ3v) is 5.01. The van der Waals surface area contributed by atoms with E-state index in [1.165, 1.54) is 17.9 Å². The minimum Gasteiger partial charge on any atom is -0.355 e. The van der Waals surface area contributed by atoms with Gasteiger partial charge in [-0.3, -0.25) is 9.48 Å². The molecule has 1 amide bonds. The molecule has 1 aromatic rings. The van der Waals surface area contributed by atoms with E-state index in [1.807, 2.05) is 0 Å². The smallest absolute Gasteiger partial charge is 0.262 e. The molecule has 1 aliphatic heterocycles. The Balaban J connectivity index is 2.39. The van der Waals surface area contributed by atoms with E-state index < -0.39 is 10.0 Å². The highest BCUT2D eigenvalue weighted by molar-refractivity contribution is 7.89. The van der Waals surface area contributed by atoms with E-state index in [9.17, 15) is 13.2 Å². The number of hydrogen-bond acceptors (Lipinski definition) is 4. The topological polar surface area (TPSA) is 84.3 Å². The molecule has 2 rings (SSSR count). The number of halogens is 1. The standard InChI is InChI=1S/C9H13ClN4O3S/c1-13-9(7(10)5-12-13)18(16,17)14-4-2-3-11-8(15)6-14/h5H,2-4,6H2,1H3,(H,11,15). The van der Waals surface area contributed by atoms with Crippen molar-refractivity contribution in [2.45, 2.75) is 11.4 Å². The van der Waals surface area contributed by atoms with Gasteiger partial charge < -0.3 is 5.32 Å². The maximum Gasteiger partial charge on any atom is 0.262 e. The summed E-state index contributed by atoms with van der Waals surface area (Å²) in [7, 11) is -2.30. The van der Waals surface area contributed by atoms with Crippen molar-refractivity contribution in [1.29, 1.82) is 0 Å². The van der Waals surface area contributed by atoms with E-state index in [4.69, 9.17) is 11.6 Å². The highest BCUT2D eigenvalue weighted by atomic mass is 35.5. The van der Waals surface area contributed by atoms with Crippen molar-refractivity contribution >= 4 is 27.5 Å². The molecule has 0 unspecified atom stereocenters. The van der Waals surface area contributed by atoms with Crippen molar-refractivity contribution in [2.24, 2.45) is 7.05 Å². The summed E-state index contributed by atoms with van der Waals surface area (Å²) in [6.45, 7) is 0.566. The fourth-order valence-electron chi connectivity index (χ4n) is 1.80. The summed E-state index contributed by atoms with van der Waals surface area (Å²) in [4.78, 5) is 11.4. The average Bonchev–Trinajstić information content (AvgIpc) is 2.51. The molecule has 2 heterocycles. The Morgan fingerprint density at radius 1 is 1.50 bits per heavy atom. The van der Waals surface area contributed by atoms with Crippen LogP contribution in [0.1, 0.15) is 6.42 Å². The van der Waals surface area contributed by atoms with Crippen LogP contribution < -0.4 is 5.32 Å². The van der Waals surface area contributed by atoms with Crippen LogP contribution in [-0.4, -0.2) is 48.0 Å². The molecule has 1 saturated heterocycles. The monoisotopic (exact) mass is 292 g/mol. The number of carbonyl (C=O) groups excluding carboxylic acids is 1. The van der Waals surface area contributed by atoms with Crippen LogP contribution in [0.2, 0.25) is 5.02 Å². The Hall–Kier alpha value is -1.12. The van der Waals surface area contributed by atoms with Gasteiger partial charge in [0.2, 0.25) is 5.91 Å². The van der Waals surface area contributed by atoms with E-state index >= 15 is 0 Å². The Labute approximate surface area is 110 Å². The van der Waals surface area contributed by atoms with Gasteiger partial charge in [-0.25, -0.2) is 8.42 Å². The van der Waals surface area contributed by atoms with Crippen molar-refractivity contribution in [2.75, 3.05) is 19.6 Å². The Morgan fingerprint density at radius 3 is 2.83 bits per heavy atom. The van der Waals surface area contributed by atoms with Crippen LogP contribution in [0, 0.1) is 0 Å². The van der Waals surface area contributed by atoms with E-state index in [0.717, 1.165) is 4.31 Å². The second-order valence-corrected chi connectivity index (χ2v) is 6.22. The highest BCUT2D eigenvalue weighted by Crippen LogP contribution is 2.23. The van der Waals surface area contributed by atoms with Gasteiger partial charge >= 0.3 is 0 Å². The molecule has 0 spiro atoms. The van der Waals surface area contributed by atoms with E-state index in [2.05, 4.69) is 10.4 Å². The predicted molar refractivity (Wildman–Crippen MR) is 64.6 cm³/mol. The van der Waals surface area contributed by atoms with Gasteiger partial charge in [0, 0.05) is 20.1 Å². The Kier molecular flexibility index (Phi) is 3.60. The third kappa shape index (κ3) is 2.36.